The fraction of sp³-hybridized carbons (Fsp3) is 0.200. The van der Waals surface area contributed by atoms with E-state index < -0.39 is 11.9 Å². The Balaban J connectivity index is 1.90. The number of hydrogen-bond acceptors (Lipinski definition) is 5. The summed E-state index contributed by atoms with van der Waals surface area (Å²) in [7, 11) is 4.52. The minimum atomic E-state index is -0.474. The van der Waals surface area contributed by atoms with Crippen LogP contribution in [0.4, 0.5) is 4.79 Å². The van der Waals surface area contributed by atoms with E-state index in [-0.39, 0.29) is 12.2 Å². The molecule has 0 bridgehead atoms. The van der Waals surface area contributed by atoms with E-state index in [0.29, 0.717) is 22.8 Å². The van der Waals surface area contributed by atoms with Crippen molar-refractivity contribution in [2.75, 3.05) is 21.3 Å². The van der Waals surface area contributed by atoms with Gasteiger partial charge in [0.05, 0.1) is 27.9 Å². The average molecular weight is 447 g/mol. The summed E-state index contributed by atoms with van der Waals surface area (Å²) in [6.07, 6.45) is 1.56. The number of nitrogens with one attached hydrogen (secondary N) is 1. The molecular weight excluding hydrogens is 428 g/mol. The molecule has 3 amide bonds. The summed E-state index contributed by atoms with van der Waals surface area (Å²) in [5.41, 5.74) is 1.58. The lowest BCUT2D eigenvalue weighted by Gasteiger charge is -2.14. The topological polar surface area (TPSA) is 77.1 Å². The number of rotatable bonds is 6. The lowest BCUT2D eigenvalue weighted by atomic mass is 10.1. The van der Waals surface area contributed by atoms with Gasteiger partial charge < -0.3 is 19.5 Å². The maximum absolute atomic E-state index is 12.7. The van der Waals surface area contributed by atoms with E-state index in [2.05, 4.69) is 21.2 Å². The van der Waals surface area contributed by atoms with Crippen LogP contribution in [0.5, 0.6) is 17.2 Å². The highest BCUT2D eigenvalue weighted by Crippen LogP contribution is 2.40. The van der Waals surface area contributed by atoms with Crippen molar-refractivity contribution >= 4 is 33.9 Å². The van der Waals surface area contributed by atoms with E-state index >= 15 is 0 Å². The molecule has 0 unspecified atom stereocenters. The van der Waals surface area contributed by atoms with Crippen LogP contribution in [0.1, 0.15) is 11.1 Å². The summed E-state index contributed by atoms with van der Waals surface area (Å²) in [4.78, 5) is 26.2. The van der Waals surface area contributed by atoms with Crippen LogP contribution in [-0.4, -0.2) is 38.2 Å². The second-order valence-electron chi connectivity index (χ2n) is 5.93. The largest absolute Gasteiger partial charge is 0.493 e. The van der Waals surface area contributed by atoms with E-state index in [0.717, 1.165) is 14.9 Å². The number of urea groups is 1. The van der Waals surface area contributed by atoms with Gasteiger partial charge in [-0.05, 0) is 35.9 Å². The number of ether oxygens (including phenoxy) is 3. The molecule has 1 heterocycles. The van der Waals surface area contributed by atoms with E-state index in [9.17, 15) is 9.59 Å². The number of carbonyl (C=O) groups excluding carboxylic acids is 2. The number of nitrogens with zero attached hydrogens (tertiary/aromatic N) is 1. The SMILES string of the molecule is COc1ccc(/C=C2/NC(=O)N(Cc3ccc(Br)cc3)C2=O)c(OC)c1OC. The van der Waals surface area contributed by atoms with Gasteiger partial charge in [-0.2, -0.15) is 0 Å². The first-order valence-corrected chi connectivity index (χ1v) is 9.15. The van der Waals surface area contributed by atoms with Gasteiger partial charge in [0.15, 0.2) is 11.5 Å². The molecule has 3 rings (SSSR count). The molecule has 8 heteroatoms. The van der Waals surface area contributed by atoms with Crippen LogP contribution in [0.3, 0.4) is 0 Å². The van der Waals surface area contributed by atoms with Crippen molar-refractivity contribution in [2.24, 2.45) is 0 Å². The molecule has 2 aromatic carbocycles. The molecule has 146 valence electrons. The molecule has 7 nitrogen and oxygen atoms in total. The van der Waals surface area contributed by atoms with Gasteiger partial charge in [-0.15, -0.1) is 0 Å². The van der Waals surface area contributed by atoms with Crippen molar-refractivity contribution in [2.45, 2.75) is 6.54 Å². The molecule has 0 spiro atoms. The first-order valence-electron chi connectivity index (χ1n) is 8.36. The van der Waals surface area contributed by atoms with Gasteiger partial charge in [-0.3, -0.25) is 9.69 Å². The zero-order chi connectivity index (χ0) is 20.3. The van der Waals surface area contributed by atoms with Gasteiger partial charge in [0.1, 0.15) is 5.70 Å². The zero-order valence-electron chi connectivity index (χ0n) is 15.6. The Kier molecular flexibility index (Phi) is 5.89. The Hall–Kier alpha value is -3.00. The van der Waals surface area contributed by atoms with Crippen molar-refractivity contribution in [3.63, 3.8) is 0 Å². The number of methoxy groups -OCH3 is 3. The number of amides is 3. The minimum Gasteiger partial charge on any atom is -0.493 e. The molecule has 0 aliphatic carbocycles. The average Bonchev–Trinajstić information content (AvgIpc) is 2.96. The second-order valence-corrected chi connectivity index (χ2v) is 6.85. The van der Waals surface area contributed by atoms with Crippen molar-refractivity contribution in [1.82, 2.24) is 10.2 Å². The summed E-state index contributed by atoms with van der Waals surface area (Å²) in [6.45, 7) is 0.179. The monoisotopic (exact) mass is 446 g/mol. The fourth-order valence-corrected chi connectivity index (χ4v) is 3.15. The van der Waals surface area contributed by atoms with Crippen molar-refractivity contribution in [1.29, 1.82) is 0 Å². The van der Waals surface area contributed by atoms with Crippen LogP contribution in [0.25, 0.3) is 6.08 Å². The maximum atomic E-state index is 12.7. The Bertz CT molecular complexity index is 940. The standard InChI is InChI=1S/C20H19BrN2O5/c1-26-16-9-6-13(17(27-2)18(16)28-3)10-15-19(24)23(20(25)22-15)11-12-4-7-14(21)8-5-12/h4-10H,11H2,1-3H3,(H,22,25)/b15-10+. The minimum absolute atomic E-state index is 0.160. The molecule has 28 heavy (non-hydrogen) atoms. The summed E-state index contributed by atoms with van der Waals surface area (Å²) < 4.78 is 17.0. The molecule has 1 aliphatic heterocycles. The van der Waals surface area contributed by atoms with Crippen molar-refractivity contribution in [3.8, 4) is 17.2 Å². The van der Waals surface area contributed by atoms with Gasteiger partial charge >= 0.3 is 6.03 Å². The third kappa shape index (κ3) is 3.82. The van der Waals surface area contributed by atoms with Crippen molar-refractivity contribution in [3.05, 3.63) is 57.7 Å². The molecule has 1 N–H and O–H groups in total. The predicted octanol–water partition coefficient (Wildman–Crippen LogP) is 3.57. The molecule has 0 aromatic heterocycles. The molecule has 0 saturated carbocycles. The number of imide groups is 1. The van der Waals surface area contributed by atoms with Crippen LogP contribution in [0.2, 0.25) is 0 Å². The van der Waals surface area contributed by atoms with E-state index in [1.54, 1.807) is 18.2 Å². The molecule has 1 saturated heterocycles. The summed E-state index contributed by atoms with van der Waals surface area (Å²) in [5, 5.41) is 2.61. The Labute approximate surface area is 171 Å². The smallest absolute Gasteiger partial charge is 0.329 e. The number of benzene rings is 2. The summed E-state index contributed by atoms with van der Waals surface area (Å²) >= 11 is 3.36. The number of carbonyl (C=O) groups is 2. The normalized spacial score (nSPS) is 15.0. The lowest BCUT2D eigenvalue weighted by Crippen LogP contribution is -2.30. The van der Waals surface area contributed by atoms with E-state index in [1.807, 2.05) is 24.3 Å². The highest BCUT2D eigenvalue weighted by atomic mass is 79.9. The molecule has 1 fully saturated rings. The molecule has 1 aliphatic rings. The second kappa shape index (κ2) is 8.35. The quantitative estimate of drug-likeness (QED) is 0.542. The predicted molar refractivity (Wildman–Crippen MR) is 107 cm³/mol. The van der Waals surface area contributed by atoms with Crippen molar-refractivity contribution < 1.29 is 23.8 Å². The first-order chi connectivity index (χ1) is 13.5. The van der Waals surface area contributed by atoms with Crippen LogP contribution in [-0.2, 0) is 11.3 Å². The van der Waals surface area contributed by atoms with Crippen LogP contribution >= 0.6 is 15.9 Å². The third-order valence-electron chi connectivity index (χ3n) is 4.25. The Morgan fingerprint density at radius 3 is 2.25 bits per heavy atom. The highest BCUT2D eigenvalue weighted by Gasteiger charge is 2.33. The fourth-order valence-electron chi connectivity index (χ4n) is 2.88. The Morgan fingerprint density at radius 1 is 0.964 bits per heavy atom. The van der Waals surface area contributed by atoms with E-state index in [4.69, 9.17) is 14.2 Å². The van der Waals surface area contributed by atoms with Crippen LogP contribution in [0.15, 0.2) is 46.6 Å². The highest BCUT2D eigenvalue weighted by molar-refractivity contribution is 9.10. The van der Waals surface area contributed by atoms with Gasteiger partial charge in [-0.25, -0.2) is 4.79 Å². The number of hydrogen-bond donors (Lipinski definition) is 1. The van der Waals surface area contributed by atoms with Crippen LogP contribution < -0.4 is 19.5 Å². The lowest BCUT2D eigenvalue weighted by molar-refractivity contribution is -0.123. The first kappa shape index (κ1) is 19.8. The molecule has 2 aromatic rings. The van der Waals surface area contributed by atoms with E-state index in [1.165, 1.54) is 21.3 Å². The van der Waals surface area contributed by atoms with Gasteiger partial charge in [0, 0.05) is 10.0 Å². The maximum Gasteiger partial charge on any atom is 0.329 e. The molecule has 0 radical (unpaired) electrons. The zero-order valence-corrected chi connectivity index (χ0v) is 17.2. The van der Waals surface area contributed by atoms with Gasteiger partial charge in [0.2, 0.25) is 5.75 Å². The Morgan fingerprint density at radius 2 is 1.64 bits per heavy atom. The van der Waals surface area contributed by atoms with Gasteiger partial charge in [0.25, 0.3) is 5.91 Å². The summed E-state index contributed by atoms with van der Waals surface area (Å²) in [5.74, 6) is 0.899. The van der Waals surface area contributed by atoms with Gasteiger partial charge in [-0.1, -0.05) is 28.1 Å². The number of halogens is 1. The summed E-state index contributed by atoms with van der Waals surface area (Å²) in [6, 6.07) is 10.4. The third-order valence-corrected chi connectivity index (χ3v) is 4.78. The van der Waals surface area contributed by atoms with Crippen LogP contribution in [0, 0.1) is 0 Å². The molecule has 0 atom stereocenters. The molecular formula is C20H19BrN2O5.